The molecule has 1 saturated heterocycles. The number of methoxy groups -OCH3 is 1. The highest BCUT2D eigenvalue weighted by atomic mass is 35.5. The Morgan fingerprint density at radius 3 is 2.40 bits per heavy atom. The van der Waals surface area contributed by atoms with Crippen molar-refractivity contribution in [3.05, 3.63) is 78.8 Å². The van der Waals surface area contributed by atoms with Crippen molar-refractivity contribution in [3.63, 3.8) is 0 Å². The number of anilines is 1. The standard InChI is InChI=1S/C29H31BClF5N4O4S/c1-15-11-38(12-16(2)39(15)27(42)25(30)17(3)41)26-20-10-21(29(34,35)36)18(5-6-22(31)23(33)7-8-32)9-19(13-44-4)40(24(20)14-45)28(43)37-26/h5-8,10,14-16,19,41,45H,9,11-13H2,1-4H3/b6-5+,8-7+,20-10+,21-18+,23-22-,24-14-,25-17+. The molecule has 2 aliphatic rings. The lowest BCUT2D eigenvalue weighted by atomic mass is 9.91. The van der Waals surface area contributed by atoms with E-state index in [2.05, 4.69) is 17.6 Å². The molecule has 3 rings (SSSR count). The fraction of sp³-hybridized carbons (Fsp3) is 0.414. The van der Waals surface area contributed by atoms with Crippen LogP contribution in [0.25, 0.3) is 11.5 Å². The van der Waals surface area contributed by atoms with E-state index in [9.17, 15) is 36.6 Å². The number of carbonyl (C=O) groups excluding carboxylic acids is 1. The maximum atomic E-state index is 14.7. The SMILES string of the molecule is [B]/C(C(=O)N1C(C)CN(c2nc(=O)n3c(=C\S)/c2=C\C(C(F)(F)F)=C(\C=C\C(Cl)=C(F)/C=C/F)CC3COC)CC1C)=C(\C)O. The summed E-state index contributed by atoms with van der Waals surface area (Å²) in [5.41, 5.74) is -2.61. The molecule has 0 saturated carbocycles. The molecule has 2 radical (unpaired) electrons. The van der Waals surface area contributed by atoms with Crippen molar-refractivity contribution in [2.24, 2.45) is 0 Å². The van der Waals surface area contributed by atoms with E-state index in [-0.39, 0.29) is 59.2 Å². The van der Waals surface area contributed by atoms with Gasteiger partial charge in [0, 0.05) is 49.1 Å². The number of allylic oxidation sites excluding steroid dienone is 8. The highest BCUT2D eigenvalue weighted by Gasteiger charge is 2.38. The zero-order valence-corrected chi connectivity index (χ0v) is 26.4. The van der Waals surface area contributed by atoms with Crippen LogP contribution in [0.2, 0.25) is 0 Å². The van der Waals surface area contributed by atoms with Crippen molar-refractivity contribution in [1.29, 1.82) is 0 Å². The third-order valence-electron chi connectivity index (χ3n) is 7.37. The molecule has 1 aromatic rings. The molecule has 242 valence electrons. The maximum Gasteiger partial charge on any atom is 0.416 e. The van der Waals surface area contributed by atoms with Gasteiger partial charge in [-0.1, -0.05) is 17.7 Å². The number of nitrogens with zero attached hydrogens (tertiary/aromatic N) is 4. The summed E-state index contributed by atoms with van der Waals surface area (Å²) in [4.78, 5) is 33.8. The quantitative estimate of drug-likeness (QED) is 0.114. The summed E-state index contributed by atoms with van der Waals surface area (Å²) in [6.07, 6.45) is -2.38. The van der Waals surface area contributed by atoms with E-state index in [1.807, 2.05) is 0 Å². The summed E-state index contributed by atoms with van der Waals surface area (Å²) in [5.74, 6) is -2.26. The zero-order chi connectivity index (χ0) is 33.8. The van der Waals surface area contributed by atoms with Crippen LogP contribution in [0.1, 0.15) is 33.2 Å². The number of amides is 1. The molecule has 3 heterocycles. The molecule has 1 N–H and O–H groups in total. The molecule has 0 aromatic carbocycles. The Bertz CT molecular complexity index is 1660. The monoisotopic (exact) mass is 672 g/mol. The first-order valence-electron chi connectivity index (χ1n) is 13.6. The maximum absolute atomic E-state index is 14.7. The molecule has 1 fully saturated rings. The Morgan fingerprint density at radius 2 is 1.89 bits per heavy atom. The first-order valence-corrected chi connectivity index (χ1v) is 14.5. The zero-order valence-electron chi connectivity index (χ0n) is 24.8. The average molecular weight is 673 g/mol. The lowest BCUT2D eigenvalue weighted by molar-refractivity contribution is -0.131. The van der Waals surface area contributed by atoms with Crippen molar-refractivity contribution in [1.82, 2.24) is 14.5 Å². The Balaban J connectivity index is 2.34. The summed E-state index contributed by atoms with van der Waals surface area (Å²) in [6, 6.07) is -2.13. The number of hydrogen-bond acceptors (Lipinski definition) is 7. The largest absolute Gasteiger partial charge is 0.513 e. The Hall–Kier alpha value is -3.30. The molecule has 1 aromatic heterocycles. The minimum Gasteiger partial charge on any atom is -0.513 e. The van der Waals surface area contributed by atoms with Gasteiger partial charge in [-0.25, -0.2) is 13.6 Å². The van der Waals surface area contributed by atoms with E-state index in [4.69, 9.17) is 24.2 Å². The van der Waals surface area contributed by atoms with Gasteiger partial charge in [0.05, 0.1) is 40.7 Å². The summed E-state index contributed by atoms with van der Waals surface area (Å²) in [6.45, 7) is 4.55. The minimum absolute atomic E-state index is 0.0408. The number of fused-ring (bicyclic) bond motifs is 2. The number of aromatic nitrogens is 2. The predicted octanol–water partition coefficient (Wildman–Crippen LogP) is 3.98. The lowest BCUT2D eigenvalue weighted by Gasteiger charge is -2.45. The van der Waals surface area contributed by atoms with Crippen LogP contribution in [0.4, 0.5) is 27.8 Å². The molecule has 3 atom stereocenters. The number of ether oxygens (including phenoxy) is 1. The van der Waals surface area contributed by atoms with Gasteiger partial charge in [0.1, 0.15) is 19.5 Å². The van der Waals surface area contributed by atoms with Gasteiger partial charge in [-0.05, 0) is 50.3 Å². The number of aliphatic hydroxyl groups is 1. The molecular weight excluding hydrogens is 642 g/mol. The number of halogens is 6. The second-order valence-electron chi connectivity index (χ2n) is 10.5. The highest BCUT2D eigenvalue weighted by Crippen LogP contribution is 2.35. The predicted molar refractivity (Wildman–Crippen MR) is 167 cm³/mol. The summed E-state index contributed by atoms with van der Waals surface area (Å²) >= 11 is 10.1. The molecule has 2 bridgehead atoms. The van der Waals surface area contributed by atoms with E-state index >= 15 is 0 Å². The molecule has 16 heteroatoms. The molecular formula is C29H31BClF5N4O4S. The fourth-order valence-corrected chi connectivity index (χ4v) is 5.82. The number of aliphatic hydroxyl groups excluding tert-OH is 1. The minimum atomic E-state index is -4.94. The van der Waals surface area contributed by atoms with E-state index in [1.165, 1.54) is 28.9 Å². The Kier molecular flexibility index (Phi) is 11.9. The van der Waals surface area contributed by atoms with Gasteiger partial charge in [0.2, 0.25) is 5.91 Å². The van der Waals surface area contributed by atoms with E-state index < -0.39 is 58.8 Å². The van der Waals surface area contributed by atoms with Crippen molar-refractivity contribution in [2.45, 2.75) is 51.5 Å². The number of hydrogen-bond donors (Lipinski definition) is 2. The van der Waals surface area contributed by atoms with Crippen molar-refractivity contribution >= 4 is 55.3 Å². The lowest BCUT2D eigenvalue weighted by Crippen LogP contribution is -2.61. The number of rotatable bonds is 7. The van der Waals surface area contributed by atoms with Crippen molar-refractivity contribution in [2.75, 3.05) is 31.7 Å². The van der Waals surface area contributed by atoms with Gasteiger partial charge in [-0.15, -0.1) is 12.6 Å². The number of carbonyl (C=O) groups is 1. The Morgan fingerprint density at radius 1 is 1.27 bits per heavy atom. The Labute approximate surface area is 268 Å². The normalized spacial score (nSPS) is 25.2. The smallest absolute Gasteiger partial charge is 0.416 e. The molecule has 0 spiro atoms. The summed E-state index contributed by atoms with van der Waals surface area (Å²) in [7, 11) is 7.09. The fourth-order valence-electron chi connectivity index (χ4n) is 5.43. The van der Waals surface area contributed by atoms with E-state index in [0.29, 0.717) is 6.08 Å². The second-order valence-corrected chi connectivity index (χ2v) is 11.2. The van der Waals surface area contributed by atoms with Crippen LogP contribution < -0.4 is 21.2 Å². The van der Waals surface area contributed by atoms with Crippen LogP contribution in [0.5, 0.6) is 0 Å². The highest BCUT2D eigenvalue weighted by molar-refractivity contribution is 7.88. The van der Waals surface area contributed by atoms with Crippen molar-refractivity contribution < 1.29 is 36.6 Å². The second kappa shape index (κ2) is 14.9. The van der Waals surface area contributed by atoms with Crippen LogP contribution in [0, 0.1) is 0 Å². The summed E-state index contributed by atoms with van der Waals surface area (Å²) < 4.78 is 77.1. The third kappa shape index (κ3) is 7.93. The molecule has 0 aliphatic carbocycles. The van der Waals surface area contributed by atoms with Gasteiger partial charge in [-0.2, -0.15) is 18.2 Å². The van der Waals surface area contributed by atoms with Crippen LogP contribution in [0.15, 0.2) is 62.6 Å². The number of piperazine rings is 1. The van der Waals surface area contributed by atoms with Gasteiger partial charge in [0.25, 0.3) is 0 Å². The third-order valence-corrected chi connectivity index (χ3v) is 7.92. The van der Waals surface area contributed by atoms with Crippen LogP contribution in [-0.2, 0) is 9.53 Å². The van der Waals surface area contributed by atoms with Crippen LogP contribution >= 0.6 is 24.2 Å². The molecule has 2 aliphatic heterocycles. The van der Waals surface area contributed by atoms with E-state index in [0.717, 1.165) is 18.2 Å². The number of thiol groups is 1. The topological polar surface area (TPSA) is 87.9 Å². The first kappa shape index (κ1) is 36.2. The molecule has 8 nitrogen and oxygen atoms in total. The van der Waals surface area contributed by atoms with Crippen LogP contribution in [-0.4, -0.2) is 78.4 Å². The van der Waals surface area contributed by atoms with Crippen LogP contribution in [0.3, 0.4) is 0 Å². The summed E-state index contributed by atoms with van der Waals surface area (Å²) in [5, 5.41) is 10.3. The molecule has 45 heavy (non-hydrogen) atoms. The van der Waals surface area contributed by atoms with Crippen molar-refractivity contribution in [3.8, 4) is 0 Å². The van der Waals surface area contributed by atoms with Gasteiger partial charge < -0.3 is 19.6 Å². The van der Waals surface area contributed by atoms with E-state index in [1.54, 1.807) is 18.7 Å². The number of alkyl halides is 3. The average Bonchev–Trinajstić information content (AvgIpc) is 2.95. The van der Waals surface area contributed by atoms with Gasteiger partial charge in [-0.3, -0.25) is 9.36 Å². The van der Waals surface area contributed by atoms with Gasteiger partial charge in [0.15, 0.2) is 0 Å². The molecule has 3 unspecified atom stereocenters. The molecule has 1 amide bonds. The van der Waals surface area contributed by atoms with Gasteiger partial charge >= 0.3 is 11.9 Å². The first-order chi connectivity index (χ1) is 21.1.